The fourth-order valence-electron chi connectivity index (χ4n) is 4.71. The van der Waals surface area contributed by atoms with Gasteiger partial charge in [0.15, 0.2) is 5.82 Å². The van der Waals surface area contributed by atoms with Crippen LogP contribution in [0, 0.1) is 11.2 Å². The Kier molecular flexibility index (Phi) is 8.16. The molecule has 1 aliphatic heterocycles. The van der Waals surface area contributed by atoms with E-state index in [0.717, 1.165) is 5.56 Å². The number of nitrogens with one attached hydrogen (secondary N) is 2. The molecule has 1 saturated heterocycles. The third-order valence-corrected chi connectivity index (χ3v) is 6.86. The highest BCUT2D eigenvalue weighted by atomic mass is 19.1. The second-order valence-electron chi connectivity index (χ2n) is 10.6. The molecule has 2 N–H and O–H groups in total. The second kappa shape index (κ2) is 12.5. The van der Waals surface area contributed by atoms with Crippen LogP contribution in [0.1, 0.15) is 31.0 Å². The van der Waals surface area contributed by atoms with E-state index in [1.165, 1.54) is 12.1 Å². The molecule has 1 fully saturated rings. The Labute approximate surface area is 247 Å². The zero-order chi connectivity index (χ0) is 29.6. The maximum absolute atomic E-state index is 13.7. The molecule has 3 aromatic heterocycles. The molecule has 1 aliphatic rings. The number of benzene rings is 2. The summed E-state index contributed by atoms with van der Waals surface area (Å²) in [6.07, 6.45) is 4.23. The van der Waals surface area contributed by atoms with Crippen molar-refractivity contribution in [3.8, 4) is 28.7 Å². The fraction of sp³-hybridized carbons (Fsp3) is 0.219. The number of aromatic nitrogens is 5. The van der Waals surface area contributed by atoms with Crippen LogP contribution in [-0.4, -0.2) is 44.0 Å². The maximum Gasteiger partial charge on any atom is 0.317 e. The first-order valence-corrected chi connectivity index (χ1v) is 13.7. The van der Waals surface area contributed by atoms with Gasteiger partial charge in [0.05, 0.1) is 42.2 Å². The van der Waals surface area contributed by atoms with Gasteiger partial charge in [-0.15, -0.1) is 0 Å². The van der Waals surface area contributed by atoms with Crippen molar-refractivity contribution >= 4 is 11.6 Å². The molecule has 218 valence electrons. The van der Waals surface area contributed by atoms with Gasteiger partial charge >= 0.3 is 6.01 Å². The fourth-order valence-corrected chi connectivity index (χ4v) is 4.71. The maximum atomic E-state index is 13.7. The van der Waals surface area contributed by atoms with Crippen LogP contribution < -0.4 is 10.1 Å². The van der Waals surface area contributed by atoms with E-state index in [-0.39, 0.29) is 37.4 Å². The summed E-state index contributed by atoms with van der Waals surface area (Å²) < 4.78 is 31.7. The third-order valence-electron chi connectivity index (χ3n) is 6.86. The van der Waals surface area contributed by atoms with E-state index >= 15 is 0 Å². The highest BCUT2D eigenvalue weighted by Crippen LogP contribution is 2.37. The van der Waals surface area contributed by atoms with E-state index in [0.29, 0.717) is 40.8 Å². The van der Waals surface area contributed by atoms with E-state index in [9.17, 15) is 9.18 Å². The molecular weight excluding hydrogens is 551 g/mol. The van der Waals surface area contributed by atoms with Crippen molar-refractivity contribution in [2.75, 3.05) is 18.5 Å². The predicted molar refractivity (Wildman–Crippen MR) is 156 cm³/mol. The molecule has 0 saturated carbocycles. The molecule has 6 rings (SSSR count). The van der Waals surface area contributed by atoms with Crippen molar-refractivity contribution in [2.45, 2.75) is 26.2 Å². The largest absolute Gasteiger partial charge is 0.459 e. The van der Waals surface area contributed by atoms with Gasteiger partial charge < -0.3 is 24.5 Å². The molecule has 0 bridgehead atoms. The van der Waals surface area contributed by atoms with Crippen molar-refractivity contribution < 1.29 is 23.4 Å². The number of pyridine rings is 1. The van der Waals surface area contributed by atoms with Crippen molar-refractivity contribution in [2.24, 2.45) is 5.41 Å². The molecule has 0 unspecified atom stereocenters. The van der Waals surface area contributed by atoms with Gasteiger partial charge in [0, 0.05) is 29.8 Å². The summed E-state index contributed by atoms with van der Waals surface area (Å²) in [5.74, 6) is -0.0962. The summed E-state index contributed by atoms with van der Waals surface area (Å²) in [7, 11) is 0. The Morgan fingerprint density at radius 1 is 1.02 bits per heavy atom. The molecule has 0 radical (unpaired) electrons. The number of H-pyrrole nitrogens is 1. The minimum absolute atomic E-state index is 0.158. The summed E-state index contributed by atoms with van der Waals surface area (Å²) >= 11 is 0. The van der Waals surface area contributed by atoms with Crippen LogP contribution in [0.2, 0.25) is 0 Å². The van der Waals surface area contributed by atoms with Gasteiger partial charge in [-0.1, -0.05) is 37.3 Å². The minimum atomic E-state index is -0.807. The zero-order valence-electron chi connectivity index (χ0n) is 23.4. The number of aromatic amines is 1. The molecule has 43 heavy (non-hydrogen) atoms. The average molecular weight is 581 g/mol. The van der Waals surface area contributed by atoms with E-state index < -0.39 is 11.7 Å². The van der Waals surface area contributed by atoms with Crippen molar-refractivity contribution in [1.29, 1.82) is 0 Å². The Morgan fingerprint density at radius 2 is 1.81 bits per heavy atom. The minimum Gasteiger partial charge on any atom is -0.459 e. The normalized spacial score (nSPS) is 18.2. The number of rotatable bonds is 9. The first-order valence-electron chi connectivity index (χ1n) is 13.7. The third kappa shape index (κ3) is 6.91. The van der Waals surface area contributed by atoms with Gasteiger partial charge in [0.1, 0.15) is 12.4 Å². The number of imidazole rings is 1. The summed E-state index contributed by atoms with van der Waals surface area (Å²) in [6.45, 7) is 2.78. The Morgan fingerprint density at radius 3 is 2.56 bits per heavy atom. The lowest BCUT2D eigenvalue weighted by molar-refractivity contribution is -0.233. The van der Waals surface area contributed by atoms with Gasteiger partial charge in [-0.25, -0.2) is 14.4 Å². The summed E-state index contributed by atoms with van der Waals surface area (Å²) in [6, 6.07) is 21.2. The highest BCUT2D eigenvalue weighted by molar-refractivity contribution is 5.91. The summed E-state index contributed by atoms with van der Waals surface area (Å²) in [5.41, 5.74) is 3.39. The number of hydrogen-bond acceptors (Lipinski definition) is 8. The topological polar surface area (TPSA) is 124 Å². The van der Waals surface area contributed by atoms with Crippen molar-refractivity contribution in [3.63, 3.8) is 0 Å². The van der Waals surface area contributed by atoms with E-state index in [2.05, 4.69) is 25.3 Å². The highest BCUT2D eigenvalue weighted by Gasteiger charge is 2.37. The Hall–Kier alpha value is -5.00. The van der Waals surface area contributed by atoms with Crippen LogP contribution in [0.25, 0.3) is 22.6 Å². The molecule has 11 heteroatoms. The van der Waals surface area contributed by atoms with E-state index in [4.69, 9.17) is 19.2 Å². The van der Waals surface area contributed by atoms with Crippen LogP contribution in [0.5, 0.6) is 6.01 Å². The first kappa shape index (κ1) is 28.1. The molecular formula is C32H29FN6O4. The smallest absolute Gasteiger partial charge is 0.317 e. The predicted octanol–water partition coefficient (Wildman–Crippen LogP) is 5.73. The molecule has 0 aliphatic carbocycles. The van der Waals surface area contributed by atoms with Crippen LogP contribution >= 0.6 is 0 Å². The summed E-state index contributed by atoms with van der Waals surface area (Å²) in [4.78, 5) is 33.6. The molecule has 2 aromatic carbocycles. The molecule has 4 heterocycles. The monoisotopic (exact) mass is 580 g/mol. The second-order valence-corrected chi connectivity index (χ2v) is 10.6. The van der Waals surface area contributed by atoms with Crippen LogP contribution in [0.15, 0.2) is 91.4 Å². The van der Waals surface area contributed by atoms with Crippen LogP contribution in [0.4, 0.5) is 10.1 Å². The molecule has 0 atom stereocenters. The lowest BCUT2D eigenvalue weighted by atomic mass is 9.87. The number of anilines is 1. The van der Waals surface area contributed by atoms with Gasteiger partial charge in [-0.05, 0) is 48.0 Å². The first-order chi connectivity index (χ1) is 20.9. The number of amides is 1. The average Bonchev–Trinajstić information content (AvgIpc) is 3.47. The van der Waals surface area contributed by atoms with Crippen LogP contribution in [-0.2, 0) is 20.9 Å². The van der Waals surface area contributed by atoms with Crippen LogP contribution in [0.3, 0.4) is 0 Å². The number of carbonyl (C=O) groups is 1. The van der Waals surface area contributed by atoms with E-state index in [1.54, 1.807) is 48.9 Å². The molecule has 1 amide bonds. The Bertz CT molecular complexity index is 1670. The SMILES string of the molecule is CC1(CC(=O)Nc2cccnc2)COC(c2nc(-c3ccc(F)cc3)c(-c3ccnc(OCc4ccccc4)n3)[nH]2)OC1. The number of ether oxygens (including phenoxy) is 3. The van der Waals surface area contributed by atoms with Gasteiger partial charge in [-0.3, -0.25) is 9.78 Å². The van der Waals surface area contributed by atoms with Crippen molar-refractivity contribution in [3.05, 3.63) is 109 Å². The molecule has 0 spiro atoms. The van der Waals surface area contributed by atoms with E-state index in [1.807, 2.05) is 37.3 Å². The number of carbonyl (C=O) groups excluding carboxylic acids is 1. The lowest BCUT2D eigenvalue weighted by Gasteiger charge is -2.36. The quantitative estimate of drug-likeness (QED) is 0.227. The van der Waals surface area contributed by atoms with Gasteiger partial charge in [-0.2, -0.15) is 4.98 Å². The molecule has 5 aromatic rings. The molecule has 10 nitrogen and oxygen atoms in total. The van der Waals surface area contributed by atoms with Crippen molar-refractivity contribution in [1.82, 2.24) is 24.9 Å². The lowest BCUT2D eigenvalue weighted by Crippen LogP contribution is -2.39. The van der Waals surface area contributed by atoms with Gasteiger partial charge in [0.2, 0.25) is 12.2 Å². The zero-order valence-corrected chi connectivity index (χ0v) is 23.4. The number of halogens is 1. The Balaban J connectivity index is 1.20. The number of hydrogen-bond donors (Lipinski definition) is 2. The number of nitrogens with zero attached hydrogens (tertiary/aromatic N) is 4. The van der Waals surface area contributed by atoms with Gasteiger partial charge in [0.25, 0.3) is 0 Å². The summed E-state index contributed by atoms with van der Waals surface area (Å²) in [5, 5.41) is 2.85. The standard InChI is InChI=1S/C32H29FN6O4/c1-32(16-26(40)36-24-8-5-14-34-17-24)19-42-30(43-20-32)29-38-27(22-9-11-23(33)12-10-22)28(39-29)25-13-15-35-31(37-25)41-18-21-6-3-2-4-7-21/h2-15,17,30H,16,18-20H2,1H3,(H,36,40)(H,38,39).